The lowest BCUT2D eigenvalue weighted by Gasteiger charge is -2.13. The van der Waals surface area contributed by atoms with E-state index in [2.05, 4.69) is 15.6 Å². The first-order valence-electron chi connectivity index (χ1n) is 5.48. The predicted octanol–water partition coefficient (Wildman–Crippen LogP) is 1.54. The van der Waals surface area contributed by atoms with E-state index in [1.807, 2.05) is 0 Å². The number of anilines is 1. The molecule has 0 saturated heterocycles. The third-order valence-electron chi connectivity index (χ3n) is 2.44. The molecule has 0 spiro atoms. The molecule has 108 valence electrons. The molecule has 0 fully saturated rings. The number of nitrogens with zero attached hydrogens (tertiary/aromatic N) is 2. The van der Waals surface area contributed by atoms with Crippen molar-refractivity contribution in [3.05, 3.63) is 28.6 Å². The van der Waals surface area contributed by atoms with E-state index in [1.54, 1.807) is 12.1 Å². The van der Waals surface area contributed by atoms with Crippen molar-refractivity contribution in [2.24, 2.45) is 10.3 Å². The molecule has 20 heavy (non-hydrogen) atoms. The number of nitrogens with one attached hydrogen (secondary N) is 1. The Labute approximate surface area is 115 Å². The van der Waals surface area contributed by atoms with Crippen LogP contribution in [0.4, 0.5) is 5.69 Å². The van der Waals surface area contributed by atoms with Crippen molar-refractivity contribution in [2.75, 3.05) is 19.5 Å². The molecule has 1 aromatic carbocycles. The first-order valence-corrected chi connectivity index (χ1v) is 5.48. The summed E-state index contributed by atoms with van der Waals surface area (Å²) in [5, 5.41) is 28.3. The fraction of sp³-hybridized carbons (Fsp3) is 0.250. The summed E-state index contributed by atoms with van der Waals surface area (Å²) in [6, 6.07) is 4.68. The molecule has 0 saturated carbocycles. The Kier molecular flexibility index (Phi) is 5.33. The number of hydrogen-bond acceptors (Lipinski definition) is 7. The molecule has 0 bridgehead atoms. The maximum absolute atomic E-state index is 11.8. The van der Waals surface area contributed by atoms with Crippen molar-refractivity contribution in [2.45, 2.75) is 6.92 Å². The van der Waals surface area contributed by atoms with E-state index in [0.717, 1.165) is 0 Å². The molecule has 1 amide bonds. The van der Waals surface area contributed by atoms with Crippen molar-refractivity contribution >= 4 is 23.0 Å². The maximum atomic E-state index is 11.8. The van der Waals surface area contributed by atoms with Crippen molar-refractivity contribution in [3.63, 3.8) is 0 Å². The highest BCUT2D eigenvalue weighted by atomic mass is 16.5. The van der Waals surface area contributed by atoms with Gasteiger partial charge >= 0.3 is 0 Å². The summed E-state index contributed by atoms with van der Waals surface area (Å²) in [7, 11) is 2.90. The summed E-state index contributed by atoms with van der Waals surface area (Å²) in [6.45, 7) is 1.22. The van der Waals surface area contributed by atoms with Gasteiger partial charge in [-0.05, 0) is 19.1 Å². The lowest BCUT2D eigenvalue weighted by Crippen LogP contribution is -2.28. The van der Waals surface area contributed by atoms with Gasteiger partial charge in [0.15, 0.2) is 0 Å². The van der Waals surface area contributed by atoms with Crippen LogP contribution < -0.4 is 14.8 Å². The van der Waals surface area contributed by atoms with Crippen LogP contribution in [0.3, 0.4) is 0 Å². The zero-order valence-corrected chi connectivity index (χ0v) is 11.2. The van der Waals surface area contributed by atoms with E-state index in [9.17, 15) is 15.2 Å². The van der Waals surface area contributed by atoms with Crippen molar-refractivity contribution < 1.29 is 14.3 Å². The second kappa shape index (κ2) is 6.98. The van der Waals surface area contributed by atoms with Crippen LogP contribution >= 0.6 is 0 Å². The number of rotatable bonds is 5. The molecular weight excluding hydrogens is 266 g/mol. The van der Waals surface area contributed by atoms with E-state index in [1.165, 1.54) is 27.2 Å². The highest BCUT2D eigenvalue weighted by Crippen LogP contribution is 2.28. The van der Waals surface area contributed by atoms with Crippen molar-refractivity contribution in [1.29, 1.82) is 0 Å². The van der Waals surface area contributed by atoms with Crippen LogP contribution in [0.5, 0.6) is 11.5 Å². The van der Waals surface area contributed by atoms with Gasteiger partial charge in [0, 0.05) is 6.07 Å². The number of carbonyl (C=O) groups excluding carboxylic acids is 1. The highest BCUT2D eigenvalue weighted by Gasteiger charge is 2.15. The molecule has 1 N–H and O–H groups in total. The summed E-state index contributed by atoms with van der Waals surface area (Å²) in [6.07, 6.45) is 0. The van der Waals surface area contributed by atoms with Crippen LogP contribution in [0.1, 0.15) is 6.92 Å². The van der Waals surface area contributed by atoms with Crippen LogP contribution in [0.15, 0.2) is 28.5 Å². The number of amides is 1. The molecule has 1 rings (SSSR count). The van der Waals surface area contributed by atoms with Crippen molar-refractivity contribution in [1.82, 2.24) is 0 Å². The Balaban J connectivity index is 3.01. The fourth-order valence-electron chi connectivity index (χ4n) is 1.40. The Bertz CT molecular complexity index is 554. The first-order chi connectivity index (χ1) is 9.57. The second-order valence-electron chi connectivity index (χ2n) is 3.64. The van der Waals surface area contributed by atoms with E-state index < -0.39 is 11.6 Å². The average Bonchev–Trinajstić information content (AvgIpc) is 2.48. The van der Waals surface area contributed by atoms with Crippen LogP contribution in [-0.4, -0.2) is 31.6 Å². The van der Waals surface area contributed by atoms with Gasteiger partial charge in [-0.15, -0.1) is 0 Å². The zero-order chi connectivity index (χ0) is 15.1. The lowest BCUT2D eigenvalue weighted by atomic mass is 10.2. The van der Waals surface area contributed by atoms with E-state index in [4.69, 9.17) is 9.47 Å². The topological polar surface area (TPSA) is 118 Å². The molecule has 0 aromatic heterocycles. The minimum absolute atomic E-state index is 0.301. The van der Waals surface area contributed by atoms with Crippen molar-refractivity contribution in [3.8, 4) is 11.5 Å². The minimum Gasteiger partial charge on any atom is -0.792 e. The van der Waals surface area contributed by atoms with Crippen LogP contribution in [0.2, 0.25) is 0 Å². The average molecular weight is 279 g/mol. The number of benzene rings is 1. The summed E-state index contributed by atoms with van der Waals surface area (Å²) in [5.41, 5.74) is -0.582. The smallest absolute Gasteiger partial charge is 0.275 e. The molecule has 0 atom stereocenters. The first kappa shape index (κ1) is 15.3. The number of carbonyl (C=O) groups is 1. The summed E-state index contributed by atoms with van der Waals surface area (Å²) in [4.78, 5) is 11.8. The molecule has 0 unspecified atom stereocenters. The molecule has 8 nitrogen and oxygen atoms in total. The Morgan fingerprint density at radius 1 is 1.20 bits per heavy atom. The summed E-state index contributed by atoms with van der Waals surface area (Å²) >= 11 is 0. The molecular formula is C12H13N3O5-2. The van der Waals surface area contributed by atoms with E-state index in [0.29, 0.717) is 17.2 Å². The SMILES string of the molecule is COc1ccc(NC(=O)C(=N\[O-])/C(C)=N/[O-])c(OC)c1. The predicted molar refractivity (Wildman–Crippen MR) is 75.5 cm³/mol. The molecule has 0 aliphatic heterocycles. The van der Waals surface area contributed by atoms with E-state index >= 15 is 0 Å². The molecule has 0 aliphatic rings. The number of hydrogen-bond donors (Lipinski definition) is 1. The van der Waals surface area contributed by atoms with Gasteiger partial charge in [0.2, 0.25) is 0 Å². The normalized spacial score (nSPS) is 11.9. The van der Waals surface area contributed by atoms with Gasteiger partial charge in [-0.3, -0.25) is 4.79 Å². The third-order valence-corrected chi connectivity index (χ3v) is 2.44. The quantitative estimate of drug-likeness (QED) is 0.647. The molecule has 1 aromatic rings. The zero-order valence-electron chi connectivity index (χ0n) is 11.2. The summed E-state index contributed by atoms with van der Waals surface area (Å²) < 4.78 is 10.1. The number of ether oxygens (including phenoxy) is 2. The van der Waals surface area contributed by atoms with Gasteiger partial charge < -0.3 is 35.5 Å². The van der Waals surface area contributed by atoms with Gasteiger partial charge in [0.1, 0.15) is 17.2 Å². The van der Waals surface area contributed by atoms with Gasteiger partial charge in [-0.1, -0.05) is 0 Å². The van der Waals surface area contributed by atoms with E-state index in [-0.39, 0.29) is 5.71 Å². The molecule has 0 heterocycles. The lowest BCUT2D eigenvalue weighted by molar-refractivity contribution is -0.110. The van der Waals surface area contributed by atoms with Crippen LogP contribution in [0, 0.1) is 10.4 Å². The van der Waals surface area contributed by atoms with Gasteiger partial charge in [0.05, 0.1) is 25.6 Å². The molecule has 0 aliphatic carbocycles. The standard InChI is InChI=1S/C12H15N3O5/c1-7(14-17)11(15-18)12(16)13-9-5-4-8(19-2)6-10(9)20-3/h4-6,17-18H,1-3H3,(H,13,16)/p-2/b14-7+,15-11-. The molecule has 8 heteroatoms. The van der Waals surface area contributed by atoms with Gasteiger partial charge in [-0.25, -0.2) is 0 Å². The second-order valence-corrected chi connectivity index (χ2v) is 3.64. The van der Waals surface area contributed by atoms with Crippen LogP contribution in [-0.2, 0) is 4.79 Å². The Hall–Kier alpha value is -2.77. The largest absolute Gasteiger partial charge is 0.792 e. The number of methoxy groups -OCH3 is 2. The minimum atomic E-state index is -0.847. The highest BCUT2D eigenvalue weighted by molar-refractivity contribution is 6.68. The Morgan fingerprint density at radius 2 is 1.90 bits per heavy atom. The third kappa shape index (κ3) is 3.37. The van der Waals surface area contributed by atoms with Gasteiger partial charge in [-0.2, -0.15) is 0 Å². The Morgan fingerprint density at radius 3 is 2.40 bits per heavy atom. The fourth-order valence-corrected chi connectivity index (χ4v) is 1.40. The van der Waals surface area contributed by atoms with Crippen LogP contribution in [0.25, 0.3) is 0 Å². The maximum Gasteiger partial charge on any atom is 0.275 e. The monoisotopic (exact) mass is 279 g/mol. The molecule has 0 radical (unpaired) electrons. The van der Waals surface area contributed by atoms with Gasteiger partial charge in [0.25, 0.3) is 5.91 Å². The summed E-state index contributed by atoms with van der Waals surface area (Å²) in [5.74, 6) is 0.0232.